The van der Waals surface area contributed by atoms with Crippen LogP contribution in [0.1, 0.15) is 0 Å². The number of fused-ring (bicyclic) bond motifs is 1. The number of ether oxygens (including phenoxy) is 1. The predicted molar refractivity (Wildman–Crippen MR) is 183 cm³/mol. The number of hydrogen-bond acceptors (Lipinski definition) is 24. The largest absolute Gasteiger partial charge is 1.00 e. The van der Waals surface area contributed by atoms with E-state index in [-0.39, 0.29) is 124 Å². The van der Waals surface area contributed by atoms with E-state index in [2.05, 4.69) is 34.7 Å². The van der Waals surface area contributed by atoms with Gasteiger partial charge in [-0.3, -0.25) is 4.18 Å². The van der Waals surface area contributed by atoms with Gasteiger partial charge >= 0.3 is 94.8 Å². The summed E-state index contributed by atoms with van der Waals surface area (Å²) in [7, 11) is -23.6. The molecule has 4 rings (SSSR count). The second-order valence-corrected chi connectivity index (χ2v) is 18.0. The molecule has 24 nitrogen and oxygen atoms in total. The number of azo groups is 1. The average molecular weight is 964 g/mol. The van der Waals surface area contributed by atoms with Gasteiger partial charge in [-0.1, -0.05) is 0 Å². The summed E-state index contributed by atoms with van der Waals surface area (Å²) in [6.07, 6.45) is -1.53. The van der Waals surface area contributed by atoms with Crippen LogP contribution in [0.25, 0.3) is 10.8 Å². The monoisotopic (exact) mass is 963 g/mol. The third-order valence-corrected chi connectivity index (χ3v) is 11.6. The zero-order valence-electron chi connectivity index (χ0n) is 31.4. The third-order valence-electron chi connectivity index (χ3n) is 6.94. The second kappa shape index (κ2) is 22.7. The number of aromatic nitrogens is 3. The van der Waals surface area contributed by atoms with Gasteiger partial charge in [-0.15, -0.1) is 10.2 Å². The van der Waals surface area contributed by atoms with Gasteiger partial charge in [0.15, 0.2) is 15.6 Å². The Labute approximate surface area is 424 Å². The quantitative estimate of drug-likeness (QED) is 0.0456. The molecule has 0 bridgehead atoms. The number of nitrogens with one attached hydrogen (secondary N) is 1. The standard InChI is InChI=1S/C25H26FN7O17S5.4Na/c1-33(7-9-51(35,36)10-8-50-55(46,47)48)25-29-23(26)28-24(30-25)27-17-6-4-14-15(22(17)54(43,44)45)12-19(53(40,41)42)20(21(14)34)32-31-16-5-3-13(49-2)11-18(16)52(37,38)39;;;;/h3-6,11-12,34H,7-10H2,1-2H3,(H,37,38,39)(H,40,41,42)(H,43,44,45)(H,46,47,48)(H,27,28,29,30);;;;/q;;3*+1/p-4. The minimum atomic E-state index is -5.74. The van der Waals surface area contributed by atoms with Gasteiger partial charge in [-0.2, -0.15) is 19.3 Å². The molecule has 0 saturated carbocycles. The minimum Gasteiger partial charge on any atom is -0.744 e. The summed E-state index contributed by atoms with van der Waals surface area (Å²) in [6.45, 7) is -1.45. The van der Waals surface area contributed by atoms with Crippen LogP contribution in [-0.2, 0) is 54.8 Å². The van der Waals surface area contributed by atoms with Crippen molar-refractivity contribution >= 4 is 120 Å². The topological polar surface area (TPSA) is 380 Å². The van der Waals surface area contributed by atoms with Gasteiger partial charge in [0.2, 0.25) is 22.3 Å². The summed E-state index contributed by atoms with van der Waals surface area (Å²) in [4.78, 5) is 7.67. The van der Waals surface area contributed by atoms with Crippen molar-refractivity contribution in [2.24, 2.45) is 10.2 Å². The molecule has 301 valence electrons. The molecule has 0 fully saturated rings. The molecule has 0 spiro atoms. The van der Waals surface area contributed by atoms with Crippen molar-refractivity contribution in [3.8, 4) is 11.5 Å². The maximum Gasteiger partial charge on any atom is 1.00 e. The molecule has 0 saturated heterocycles. The number of aromatic hydroxyl groups is 1. The number of methoxy groups -OCH3 is 1. The molecule has 34 heteroatoms. The van der Waals surface area contributed by atoms with E-state index in [0.717, 1.165) is 42.3 Å². The van der Waals surface area contributed by atoms with Crippen molar-refractivity contribution in [3.63, 3.8) is 0 Å². The minimum absolute atomic E-state index is 0. The zero-order chi connectivity index (χ0) is 41.3. The summed E-state index contributed by atoms with van der Waals surface area (Å²) < 4.78 is 189. The number of halogens is 1. The Balaban J connectivity index is 0.00000841. The van der Waals surface area contributed by atoms with Gasteiger partial charge in [-0.05, 0) is 36.4 Å². The number of hydrogen-bond donors (Lipinski definition) is 2. The molecule has 0 aliphatic carbocycles. The fourth-order valence-corrected chi connectivity index (χ4v) is 8.06. The van der Waals surface area contributed by atoms with Crippen LogP contribution in [0.5, 0.6) is 11.5 Å². The summed E-state index contributed by atoms with van der Waals surface area (Å²) in [5.74, 6) is -4.38. The molecule has 2 N–H and O–H groups in total. The van der Waals surface area contributed by atoms with Gasteiger partial charge in [0.05, 0.1) is 45.6 Å². The van der Waals surface area contributed by atoms with E-state index in [4.69, 9.17) is 4.74 Å². The molecule has 0 aliphatic heterocycles. The van der Waals surface area contributed by atoms with Crippen LogP contribution in [-0.4, -0.2) is 149 Å². The molecule has 0 aliphatic rings. The van der Waals surface area contributed by atoms with Crippen molar-refractivity contribution < 1.29 is 167 Å². The van der Waals surface area contributed by atoms with E-state index in [1.54, 1.807) is 0 Å². The van der Waals surface area contributed by atoms with Gasteiger partial charge < -0.3 is 38.3 Å². The summed E-state index contributed by atoms with van der Waals surface area (Å²) in [5.41, 5.74) is -2.64. The summed E-state index contributed by atoms with van der Waals surface area (Å²) >= 11 is 0. The van der Waals surface area contributed by atoms with E-state index < -0.39 is 141 Å². The van der Waals surface area contributed by atoms with Crippen LogP contribution in [0.2, 0.25) is 0 Å². The van der Waals surface area contributed by atoms with Crippen molar-refractivity contribution in [1.29, 1.82) is 0 Å². The third kappa shape index (κ3) is 16.1. The van der Waals surface area contributed by atoms with E-state index >= 15 is 0 Å². The predicted octanol–water partition coefficient (Wildman–Crippen LogP) is -9.29. The molecule has 0 atom stereocenters. The average Bonchev–Trinajstić information content (AvgIpc) is 3.04. The number of nitrogens with zero attached hydrogens (tertiary/aromatic N) is 6. The SMILES string of the molecule is COc1ccc(N=Nc2c(S(=O)(=O)[O-])cc3c(S(=O)(=O)[O-])c(Nc4nc(F)nc(N(C)CCS(=O)(=O)CCOS(=O)(=O)[O-])n4)ccc3c2O)c(S(=O)(=O)[O-])c1.[Na+].[Na+].[Na+].[Na]. The van der Waals surface area contributed by atoms with E-state index in [0.29, 0.717) is 6.07 Å². The van der Waals surface area contributed by atoms with Crippen molar-refractivity contribution in [2.75, 3.05) is 49.0 Å². The smallest absolute Gasteiger partial charge is 0.744 e. The fourth-order valence-electron chi connectivity index (χ4n) is 4.48. The number of rotatable bonds is 16. The number of benzene rings is 3. The molecule has 3 aromatic carbocycles. The normalized spacial score (nSPS) is 12.1. The molecule has 1 aromatic heterocycles. The van der Waals surface area contributed by atoms with Gasteiger partial charge in [-0.25, -0.2) is 42.1 Å². The molecule has 4 aromatic rings. The summed E-state index contributed by atoms with van der Waals surface area (Å²) in [6, 6.07) is 4.79. The molecule has 1 radical (unpaired) electrons. The van der Waals surface area contributed by atoms with E-state index in [1.807, 2.05) is 0 Å². The molecule has 59 heavy (non-hydrogen) atoms. The zero-order valence-corrected chi connectivity index (χ0v) is 43.5. The molecule has 0 amide bonds. The van der Waals surface area contributed by atoms with Gasteiger partial charge in [0.1, 0.15) is 47.5 Å². The molecule has 0 unspecified atom stereocenters. The number of phenols is 1. The van der Waals surface area contributed by atoms with Crippen molar-refractivity contribution in [2.45, 2.75) is 14.7 Å². The van der Waals surface area contributed by atoms with Crippen LogP contribution in [0, 0.1) is 6.08 Å². The summed E-state index contributed by atoms with van der Waals surface area (Å²) in [5, 5.41) is 18.6. The molecular weight excluding hydrogens is 942 g/mol. The Hall–Kier alpha value is -0.790. The Morgan fingerprint density at radius 3 is 1.95 bits per heavy atom. The first kappa shape index (κ1) is 58.2. The van der Waals surface area contributed by atoms with Crippen LogP contribution >= 0.6 is 0 Å². The van der Waals surface area contributed by atoms with Crippen molar-refractivity contribution in [1.82, 2.24) is 15.0 Å². The fraction of sp³-hybridized carbons (Fsp3) is 0.240. The molecular formula is C25H22FN7Na4O17S5-. The van der Waals surface area contributed by atoms with Crippen LogP contribution in [0.15, 0.2) is 61.3 Å². The van der Waals surface area contributed by atoms with Gasteiger partial charge in [0.25, 0.3) is 0 Å². The first-order chi connectivity index (χ1) is 25.2. The Morgan fingerprint density at radius 1 is 0.797 bits per heavy atom. The van der Waals surface area contributed by atoms with Crippen LogP contribution in [0.3, 0.4) is 0 Å². The Kier molecular flexibility index (Phi) is 22.4. The Morgan fingerprint density at radius 2 is 1.41 bits per heavy atom. The first-order valence-electron chi connectivity index (χ1n) is 14.2. The maximum absolute atomic E-state index is 14.5. The number of anilines is 3. The van der Waals surface area contributed by atoms with E-state index in [9.17, 15) is 69.8 Å². The van der Waals surface area contributed by atoms with Gasteiger partial charge in [0, 0.05) is 53.9 Å². The van der Waals surface area contributed by atoms with E-state index in [1.165, 1.54) is 7.05 Å². The maximum atomic E-state index is 14.5. The number of phenolic OH excluding ortho intramolecular Hbond substituents is 1. The Bertz CT molecular complexity index is 2790. The van der Waals surface area contributed by atoms with Crippen LogP contribution in [0.4, 0.5) is 33.3 Å². The number of sulfone groups is 1. The first-order valence-corrected chi connectivity index (χ1v) is 21.6. The molecule has 1 heterocycles. The van der Waals surface area contributed by atoms with Crippen LogP contribution < -0.4 is 104 Å². The second-order valence-electron chi connectivity index (χ2n) is 10.7. The van der Waals surface area contributed by atoms with Crippen molar-refractivity contribution in [3.05, 3.63) is 42.5 Å².